The van der Waals surface area contributed by atoms with Gasteiger partial charge in [-0.2, -0.15) is 0 Å². The van der Waals surface area contributed by atoms with Crippen LogP contribution in [0.4, 0.5) is 0 Å². The molecule has 0 saturated heterocycles. The van der Waals surface area contributed by atoms with E-state index in [9.17, 15) is 0 Å². The van der Waals surface area contributed by atoms with E-state index < -0.39 is 0 Å². The Labute approximate surface area is 130 Å². The molecular formula is C20H27N. The van der Waals surface area contributed by atoms with Crippen molar-refractivity contribution in [2.45, 2.75) is 54.4 Å². The van der Waals surface area contributed by atoms with Gasteiger partial charge in [0.25, 0.3) is 0 Å². The molecule has 0 spiro atoms. The molecule has 21 heavy (non-hydrogen) atoms. The van der Waals surface area contributed by atoms with Gasteiger partial charge in [-0.1, -0.05) is 38.0 Å². The zero-order valence-corrected chi connectivity index (χ0v) is 14.2. The summed E-state index contributed by atoms with van der Waals surface area (Å²) in [6.45, 7) is 13.6. The molecule has 0 N–H and O–H groups in total. The van der Waals surface area contributed by atoms with Gasteiger partial charge >= 0.3 is 0 Å². The summed E-state index contributed by atoms with van der Waals surface area (Å²) in [5.74, 6) is 3.34. The van der Waals surface area contributed by atoms with E-state index in [0.29, 0.717) is 5.92 Å². The zero-order valence-electron chi connectivity index (χ0n) is 14.2. The highest BCUT2D eigenvalue weighted by atomic mass is 15.3. The molecule has 1 atom stereocenters. The maximum absolute atomic E-state index is 5.46. The first-order valence-corrected chi connectivity index (χ1v) is 7.81. The molecule has 2 rings (SSSR count). The largest absolute Gasteiger partial charge is 0.316 e. The third-order valence-corrected chi connectivity index (χ3v) is 4.94. The molecule has 112 valence electrons. The van der Waals surface area contributed by atoms with Gasteiger partial charge in [0.1, 0.15) is 0 Å². The number of nitrogens with zero attached hydrogens (tertiary/aromatic N) is 1. The van der Waals surface area contributed by atoms with Crippen LogP contribution in [0.15, 0.2) is 46.5 Å². The molecular weight excluding hydrogens is 254 g/mol. The first kappa shape index (κ1) is 15.7. The number of hydrogen-bond acceptors (Lipinski definition) is 1. The van der Waals surface area contributed by atoms with E-state index in [2.05, 4.69) is 70.7 Å². The molecule has 0 bridgehead atoms. The van der Waals surface area contributed by atoms with Gasteiger partial charge in [0.05, 0.1) is 11.4 Å². The van der Waals surface area contributed by atoms with Crippen LogP contribution in [-0.2, 0) is 0 Å². The monoisotopic (exact) mass is 281 g/mol. The van der Waals surface area contributed by atoms with Crippen LogP contribution in [0.1, 0.15) is 54.4 Å². The Hall–Kier alpha value is -1.68. The van der Waals surface area contributed by atoms with Crippen LogP contribution in [0.3, 0.4) is 0 Å². The lowest BCUT2D eigenvalue weighted by atomic mass is 9.71. The van der Waals surface area contributed by atoms with Crippen LogP contribution in [-0.4, -0.2) is 4.90 Å². The summed E-state index contributed by atoms with van der Waals surface area (Å²) in [6, 6.07) is 0. The number of terminal acetylenes is 1. The fourth-order valence-corrected chi connectivity index (χ4v) is 3.26. The minimum Gasteiger partial charge on any atom is -0.316 e. The molecule has 1 heterocycles. The average molecular weight is 281 g/mol. The summed E-state index contributed by atoms with van der Waals surface area (Å²) < 4.78 is 0. The zero-order chi connectivity index (χ0) is 15.8. The van der Waals surface area contributed by atoms with Crippen LogP contribution < -0.4 is 0 Å². The van der Waals surface area contributed by atoms with Crippen LogP contribution in [0.5, 0.6) is 0 Å². The number of hydrogen-bond donors (Lipinski definition) is 0. The van der Waals surface area contributed by atoms with Gasteiger partial charge in [0, 0.05) is 18.0 Å². The smallest absolute Gasteiger partial charge is 0.0690 e. The molecule has 2 aliphatic rings. The summed E-state index contributed by atoms with van der Waals surface area (Å²) in [5, 5.41) is 0. The lowest BCUT2D eigenvalue weighted by Gasteiger charge is -2.32. The molecule has 0 amide bonds. The quantitative estimate of drug-likeness (QED) is 0.492. The van der Waals surface area contributed by atoms with Crippen LogP contribution in [0.25, 0.3) is 0 Å². The summed E-state index contributed by atoms with van der Waals surface area (Å²) in [7, 11) is 0. The third-order valence-electron chi connectivity index (χ3n) is 4.94. The summed E-state index contributed by atoms with van der Waals surface area (Å²) in [6.07, 6.45) is 13.8. The second-order valence-corrected chi connectivity index (χ2v) is 6.96. The minimum absolute atomic E-state index is 0.203. The van der Waals surface area contributed by atoms with Crippen molar-refractivity contribution in [3.63, 3.8) is 0 Å². The van der Waals surface area contributed by atoms with Gasteiger partial charge < -0.3 is 4.90 Å². The molecule has 0 saturated carbocycles. The predicted molar refractivity (Wildman–Crippen MR) is 91.1 cm³/mol. The Morgan fingerprint density at radius 2 is 2.05 bits per heavy atom. The van der Waals surface area contributed by atoms with E-state index in [4.69, 9.17) is 6.42 Å². The van der Waals surface area contributed by atoms with Crippen molar-refractivity contribution in [1.82, 2.24) is 4.90 Å². The first-order chi connectivity index (χ1) is 9.82. The van der Waals surface area contributed by atoms with E-state index in [-0.39, 0.29) is 5.41 Å². The Bertz CT molecular complexity index is 598. The van der Waals surface area contributed by atoms with Crippen molar-refractivity contribution >= 4 is 0 Å². The average Bonchev–Trinajstić information content (AvgIpc) is 3.11. The highest BCUT2D eigenvalue weighted by molar-refractivity contribution is 5.58. The number of rotatable bonds is 4. The molecule has 0 radical (unpaired) electrons. The second-order valence-electron chi connectivity index (χ2n) is 6.96. The van der Waals surface area contributed by atoms with Crippen LogP contribution >= 0.6 is 0 Å². The Kier molecular flexibility index (Phi) is 4.19. The fraction of sp³-hybridized carbons (Fsp3) is 0.500. The molecule has 1 aliphatic heterocycles. The van der Waals surface area contributed by atoms with Crippen LogP contribution in [0.2, 0.25) is 0 Å². The molecule has 0 aromatic heterocycles. The lowest BCUT2D eigenvalue weighted by Crippen LogP contribution is -2.25. The second kappa shape index (κ2) is 5.60. The van der Waals surface area contributed by atoms with E-state index in [1.54, 1.807) is 0 Å². The highest BCUT2D eigenvalue weighted by Crippen LogP contribution is 2.59. The normalized spacial score (nSPS) is 23.3. The van der Waals surface area contributed by atoms with E-state index in [0.717, 1.165) is 12.8 Å². The van der Waals surface area contributed by atoms with Gasteiger partial charge in [0.2, 0.25) is 0 Å². The van der Waals surface area contributed by atoms with Crippen molar-refractivity contribution in [3.8, 4) is 12.3 Å². The highest BCUT2D eigenvalue weighted by Gasteiger charge is 2.50. The van der Waals surface area contributed by atoms with Gasteiger partial charge in [-0.25, -0.2) is 0 Å². The summed E-state index contributed by atoms with van der Waals surface area (Å²) in [4.78, 5) is 2.36. The molecule has 0 aromatic carbocycles. The van der Waals surface area contributed by atoms with E-state index in [1.807, 2.05) is 0 Å². The maximum atomic E-state index is 5.46. The molecule has 0 aromatic rings. The molecule has 0 fully saturated rings. The van der Waals surface area contributed by atoms with E-state index >= 15 is 0 Å². The molecule has 1 unspecified atom stereocenters. The van der Waals surface area contributed by atoms with Crippen molar-refractivity contribution in [2.24, 2.45) is 11.3 Å². The van der Waals surface area contributed by atoms with Crippen molar-refractivity contribution < 1.29 is 0 Å². The Morgan fingerprint density at radius 3 is 2.62 bits per heavy atom. The molecule has 1 nitrogen and oxygen atoms in total. The maximum Gasteiger partial charge on any atom is 0.0690 e. The van der Waals surface area contributed by atoms with Crippen molar-refractivity contribution in [1.29, 1.82) is 0 Å². The SMILES string of the molecule is C#CCCC1=C(C)C(C)C(C)(C)C2=C1N2/C=C\C=C(C)C. The lowest BCUT2D eigenvalue weighted by molar-refractivity contribution is 0.313. The third kappa shape index (κ3) is 2.72. The first-order valence-electron chi connectivity index (χ1n) is 7.81. The standard InChI is InChI=1S/C20H27N/c1-8-9-12-17-15(4)16(5)20(6,7)19-18(17)21(19)13-10-11-14(2)3/h1,10-11,13,16H,9,12H2,2-7H3/b13-10-. The van der Waals surface area contributed by atoms with Gasteiger partial charge in [-0.15, -0.1) is 12.3 Å². The molecule has 1 heteroatoms. The Morgan fingerprint density at radius 1 is 1.38 bits per heavy atom. The van der Waals surface area contributed by atoms with Crippen molar-refractivity contribution in [3.05, 3.63) is 46.5 Å². The molecule has 1 aliphatic carbocycles. The van der Waals surface area contributed by atoms with E-state index in [1.165, 1.54) is 28.1 Å². The predicted octanol–water partition coefficient (Wildman–Crippen LogP) is 5.40. The Balaban J connectivity index is 2.30. The summed E-state index contributed by atoms with van der Waals surface area (Å²) >= 11 is 0. The van der Waals surface area contributed by atoms with Crippen molar-refractivity contribution in [2.75, 3.05) is 0 Å². The topological polar surface area (TPSA) is 3.01 Å². The fourth-order valence-electron chi connectivity index (χ4n) is 3.26. The van der Waals surface area contributed by atoms with Gasteiger partial charge in [0.15, 0.2) is 0 Å². The van der Waals surface area contributed by atoms with Crippen LogP contribution in [0, 0.1) is 23.7 Å². The minimum atomic E-state index is 0.203. The number of allylic oxidation sites excluding steroid dienone is 6. The van der Waals surface area contributed by atoms with Gasteiger partial charge in [-0.05, 0) is 44.8 Å². The van der Waals surface area contributed by atoms with Gasteiger partial charge in [-0.3, -0.25) is 0 Å². The summed E-state index contributed by atoms with van der Waals surface area (Å²) in [5.41, 5.74) is 7.39.